The van der Waals surface area contributed by atoms with Crippen LogP contribution in [0.5, 0.6) is 5.75 Å². The van der Waals surface area contributed by atoms with E-state index in [1.807, 2.05) is 19.1 Å². The molecule has 1 aliphatic rings. The second kappa shape index (κ2) is 4.85. The molecule has 3 nitrogen and oxygen atoms in total. The number of aliphatic hydroxyl groups is 1. The molecule has 2 atom stereocenters. The molecule has 0 heterocycles. The van der Waals surface area contributed by atoms with Gasteiger partial charge >= 0.3 is 0 Å². The molecule has 0 aromatic heterocycles. The van der Waals surface area contributed by atoms with Crippen LogP contribution >= 0.6 is 0 Å². The summed E-state index contributed by atoms with van der Waals surface area (Å²) in [5.74, 6) is 0.985. The SMILES string of the molecule is COc1cccc2c1CCC2N[C@H](C)CO. The number of nitrogens with one attached hydrogen (secondary N) is 1. The lowest BCUT2D eigenvalue weighted by molar-refractivity contribution is 0.240. The van der Waals surface area contributed by atoms with Crippen molar-refractivity contribution < 1.29 is 9.84 Å². The van der Waals surface area contributed by atoms with Gasteiger partial charge in [-0.15, -0.1) is 0 Å². The van der Waals surface area contributed by atoms with Crippen molar-refractivity contribution in [3.05, 3.63) is 29.3 Å². The summed E-state index contributed by atoms with van der Waals surface area (Å²) in [5.41, 5.74) is 2.63. The fraction of sp³-hybridized carbons (Fsp3) is 0.538. The fourth-order valence-electron chi connectivity index (χ4n) is 2.38. The van der Waals surface area contributed by atoms with Crippen LogP contribution in [0.25, 0.3) is 0 Å². The quantitative estimate of drug-likeness (QED) is 0.812. The van der Waals surface area contributed by atoms with Gasteiger partial charge in [0.15, 0.2) is 0 Å². The maximum Gasteiger partial charge on any atom is 0.122 e. The van der Waals surface area contributed by atoms with Gasteiger partial charge in [0.25, 0.3) is 0 Å². The number of ether oxygens (including phenoxy) is 1. The van der Waals surface area contributed by atoms with E-state index < -0.39 is 0 Å². The van der Waals surface area contributed by atoms with E-state index in [2.05, 4.69) is 11.4 Å². The minimum Gasteiger partial charge on any atom is -0.496 e. The van der Waals surface area contributed by atoms with Crippen LogP contribution in [0.2, 0.25) is 0 Å². The molecule has 0 saturated heterocycles. The van der Waals surface area contributed by atoms with Gasteiger partial charge < -0.3 is 15.2 Å². The number of methoxy groups -OCH3 is 1. The molecule has 2 N–H and O–H groups in total. The van der Waals surface area contributed by atoms with Crippen LogP contribution in [0.4, 0.5) is 0 Å². The number of rotatable bonds is 4. The Kier molecular flexibility index (Phi) is 3.46. The smallest absolute Gasteiger partial charge is 0.122 e. The zero-order chi connectivity index (χ0) is 11.5. The summed E-state index contributed by atoms with van der Waals surface area (Å²) in [6.07, 6.45) is 2.13. The largest absolute Gasteiger partial charge is 0.496 e. The van der Waals surface area contributed by atoms with Gasteiger partial charge in [0.2, 0.25) is 0 Å². The molecule has 0 bridgehead atoms. The lowest BCUT2D eigenvalue weighted by atomic mass is 10.1. The maximum atomic E-state index is 9.06. The van der Waals surface area contributed by atoms with E-state index in [0.717, 1.165) is 18.6 Å². The molecule has 0 radical (unpaired) electrons. The second-order valence-electron chi connectivity index (χ2n) is 4.37. The predicted octanol–water partition coefficient (Wildman–Crippen LogP) is 1.65. The van der Waals surface area contributed by atoms with Crippen molar-refractivity contribution >= 4 is 0 Å². The van der Waals surface area contributed by atoms with Gasteiger partial charge in [-0.3, -0.25) is 0 Å². The van der Waals surface area contributed by atoms with Gasteiger partial charge in [0, 0.05) is 12.1 Å². The summed E-state index contributed by atoms with van der Waals surface area (Å²) in [4.78, 5) is 0. The molecular weight excluding hydrogens is 202 g/mol. The van der Waals surface area contributed by atoms with E-state index >= 15 is 0 Å². The molecule has 88 valence electrons. The first kappa shape index (κ1) is 11.4. The van der Waals surface area contributed by atoms with E-state index in [1.54, 1.807) is 7.11 Å². The lowest BCUT2D eigenvalue weighted by Crippen LogP contribution is -2.32. The summed E-state index contributed by atoms with van der Waals surface area (Å²) in [7, 11) is 1.71. The third-order valence-electron chi connectivity index (χ3n) is 3.21. The molecule has 0 amide bonds. The molecular formula is C13H19NO2. The topological polar surface area (TPSA) is 41.5 Å². The van der Waals surface area contributed by atoms with Gasteiger partial charge in [0.05, 0.1) is 13.7 Å². The normalized spacial score (nSPS) is 20.6. The number of fused-ring (bicyclic) bond motifs is 1. The average Bonchev–Trinajstić information content (AvgIpc) is 2.72. The minimum absolute atomic E-state index is 0.141. The predicted molar refractivity (Wildman–Crippen MR) is 63.7 cm³/mol. The van der Waals surface area contributed by atoms with Crippen molar-refractivity contribution in [3.8, 4) is 5.75 Å². The van der Waals surface area contributed by atoms with Gasteiger partial charge in [-0.25, -0.2) is 0 Å². The lowest BCUT2D eigenvalue weighted by Gasteiger charge is -2.18. The maximum absolute atomic E-state index is 9.06. The zero-order valence-corrected chi connectivity index (χ0v) is 9.86. The van der Waals surface area contributed by atoms with Crippen LogP contribution in [0, 0.1) is 0 Å². The monoisotopic (exact) mass is 221 g/mol. The Bertz CT molecular complexity index is 365. The number of hydrogen-bond acceptors (Lipinski definition) is 3. The van der Waals surface area contributed by atoms with Crippen molar-refractivity contribution in [1.82, 2.24) is 5.32 Å². The van der Waals surface area contributed by atoms with Crippen LogP contribution in [-0.4, -0.2) is 24.9 Å². The van der Waals surface area contributed by atoms with Crippen molar-refractivity contribution in [2.45, 2.75) is 31.8 Å². The van der Waals surface area contributed by atoms with Crippen molar-refractivity contribution in [1.29, 1.82) is 0 Å². The molecule has 1 aliphatic carbocycles. The average molecular weight is 221 g/mol. The van der Waals surface area contributed by atoms with E-state index in [1.165, 1.54) is 11.1 Å². The summed E-state index contributed by atoms with van der Waals surface area (Å²) in [5, 5.41) is 12.5. The van der Waals surface area contributed by atoms with Crippen molar-refractivity contribution in [2.24, 2.45) is 0 Å². The van der Waals surface area contributed by atoms with Crippen LogP contribution in [-0.2, 0) is 6.42 Å². The molecule has 1 unspecified atom stereocenters. The standard InChI is InChI=1S/C13H19NO2/c1-9(8-15)14-12-7-6-11-10(12)4-3-5-13(11)16-2/h3-5,9,12,14-15H,6-8H2,1-2H3/t9-,12?/m1/s1. The summed E-state index contributed by atoms with van der Waals surface area (Å²) in [6, 6.07) is 6.68. The molecule has 0 saturated carbocycles. The Morgan fingerprint density at radius 3 is 3.06 bits per heavy atom. The molecule has 3 heteroatoms. The van der Waals surface area contributed by atoms with Crippen molar-refractivity contribution in [3.63, 3.8) is 0 Å². The van der Waals surface area contributed by atoms with Crippen LogP contribution in [0.1, 0.15) is 30.5 Å². The number of aliphatic hydroxyl groups excluding tert-OH is 1. The van der Waals surface area contributed by atoms with Gasteiger partial charge in [0.1, 0.15) is 5.75 Å². The first-order valence-corrected chi connectivity index (χ1v) is 5.79. The summed E-state index contributed by atoms with van der Waals surface area (Å²) < 4.78 is 5.36. The second-order valence-corrected chi connectivity index (χ2v) is 4.37. The van der Waals surface area contributed by atoms with Crippen LogP contribution in [0.3, 0.4) is 0 Å². The highest BCUT2D eigenvalue weighted by molar-refractivity contribution is 5.45. The van der Waals surface area contributed by atoms with Gasteiger partial charge in [-0.1, -0.05) is 12.1 Å². The Hall–Kier alpha value is -1.06. The number of benzene rings is 1. The Morgan fingerprint density at radius 2 is 2.38 bits per heavy atom. The van der Waals surface area contributed by atoms with Crippen LogP contribution < -0.4 is 10.1 Å². The van der Waals surface area contributed by atoms with Crippen molar-refractivity contribution in [2.75, 3.05) is 13.7 Å². The number of hydrogen-bond donors (Lipinski definition) is 2. The summed E-state index contributed by atoms with van der Waals surface area (Å²) in [6.45, 7) is 2.17. The van der Waals surface area contributed by atoms with E-state index in [-0.39, 0.29) is 12.6 Å². The highest BCUT2D eigenvalue weighted by Crippen LogP contribution is 2.36. The Morgan fingerprint density at radius 1 is 1.56 bits per heavy atom. The first-order chi connectivity index (χ1) is 7.76. The van der Waals surface area contributed by atoms with E-state index in [9.17, 15) is 0 Å². The van der Waals surface area contributed by atoms with Gasteiger partial charge in [-0.2, -0.15) is 0 Å². The third kappa shape index (κ3) is 2.06. The van der Waals surface area contributed by atoms with E-state index in [0.29, 0.717) is 6.04 Å². The summed E-state index contributed by atoms with van der Waals surface area (Å²) >= 11 is 0. The fourth-order valence-corrected chi connectivity index (χ4v) is 2.38. The Labute approximate surface area is 96.4 Å². The molecule has 1 aromatic carbocycles. The zero-order valence-electron chi connectivity index (χ0n) is 9.86. The molecule has 0 fully saturated rings. The van der Waals surface area contributed by atoms with Crippen LogP contribution in [0.15, 0.2) is 18.2 Å². The first-order valence-electron chi connectivity index (χ1n) is 5.79. The molecule has 0 spiro atoms. The molecule has 16 heavy (non-hydrogen) atoms. The molecule has 1 aromatic rings. The Balaban J connectivity index is 2.20. The minimum atomic E-state index is 0.141. The molecule has 0 aliphatic heterocycles. The van der Waals surface area contributed by atoms with Gasteiger partial charge in [-0.05, 0) is 37.0 Å². The third-order valence-corrected chi connectivity index (χ3v) is 3.21. The van der Waals surface area contributed by atoms with E-state index in [4.69, 9.17) is 9.84 Å². The molecule has 2 rings (SSSR count). The highest BCUT2D eigenvalue weighted by Gasteiger charge is 2.25. The highest BCUT2D eigenvalue weighted by atomic mass is 16.5.